The summed E-state index contributed by atoms with van der Waals surface area (Å²) in [7, 11) is 0. The zero-order valence-electron chi connectivity index (χ0n) is 10.4. The molecule has 1 aromatic heterocycles. The van der Waals surface area contributed by atoms with Crippen LogP contribution >= 0.6 is 39.9 Å². The highest BCUT2D eigenvalue weighted by molar-refractivity contribution is 9.10. The van der Waals surface area contributed by atoms with Crippen molar-refractivity contribution >= 4 is 50.9 Å². The Bertz CT molecular complexity index is 574. The van der Waals surface area contributed by atoms with E-state index >= 15 is 0 Å². The number of rotatable bonds is 6. The molecule has 0 unspecified atom stereocenters. The van der Waals surface area contributed by atoms with Crippen LogP contribution in [-0.2, 0) is 6.54 Å². The molecule has 0 aliphatic rings. The number of thioether (sulfide) groups is 1. The Balaban J connectivity index is 2.10. The average molecular weight is 345 g/mol. The number of aromatic amines is 1. The fraction of sp³-hybridized carbons (Fsp3) is 0.462. The predicted molar refractivity (Wildman–Crippen MR) is 87.1 cm³/mol. The standard InChI is InChI=1S/C13H17BrN2S2/c1-18-8-4-2-3-7-16-12-9-10(14)5-6-11(12)15-13(16)17/h5-6,9H,2-4,7-8H2,1H3,(H,15,17). The molecule has 18 heavy (non-hydrogen) atoms. The van der Waals surface area contributed by atoms with E-state index in [0.29, 0.717) is 0 Å². The summed E-state index contributed by atoms with van der Waals surface area (Å²) in [4.78, 5) is 3.26. The third kappa shape index (κ3) is 3.39. The smallest absolute Gasteiger partial charge is 0.178 e. The molecule has 0 amide bonds. The van der Waals surface area contributed by atoms with E-state index in [9.17, 15) is 0 Å². The van der Waals surface area contributed by atoms with Crippen molar-refractivity contribution in [2.75, 3.05) is 12.0 Å². The van der Waals surface area contributed by atoms with Crippen molar-refractivity contribution in [2.24, 2.45) is 0 Å². The zero-order valence-corrected chi connectivity index (χ0v) is 13.6. The Kier molecular flexibility index (Phi) is 5.33. The fourth-order valence-corrected chi connectivity index (χ4v) is 3.18. The van der Waals surface area contributed by atoms with Gasteiger partial charge in [0.25, 0.3) is 0 Å². The number of nitrogens with zero attached hydrogens (tertiary/aromatic N) is 1. The number of imidazole rings is 1. The lowest BCUT2D eigenvalue weighted by Gasteiger charge is -2.04. The lowest BCUT2D eigenvalue weighted by molar-refractivity contribution is 0.610. The Morgan fingerprint density at radius 2 is 2.17 bits per heavy atom. The summed E-state index contributed by atoms with van der Waals surface area (Å²) in [6.45, 7) is 1.00. The van der Waals surface area contributed by atoms with Gasteiger partial charge in [0.2, 0.25) is 0 Å². The van der Waals surface area contributed by atoms with Crippen molar-refractivity contribution in [3.8, 4) is 0 Å². The van der Waals surface area contributed by atoms with Gasteiger partial charge in [-0.25, -0.2) is 0 Å². The molecule has 0 aliphatic heterocycles. The Hall–Kier alpha value is -0.260. The van der Waals surface area contributed by atoms with Crippen molar-refractivity contribution in [2.45, 2.75) is 25.8 Å². The first-order chi connectivity index (χ1) is 8.72. The van der Waals surface area contributed by atoms with Gasteiger partial charge in [-0.05, 0) is 55.3 Å². The molecule has 1 aromatic carbocycles. The van der Waals surface area contributed by atoms with Gasteiger partial charge in [-0.1, -0.05) is 22.4 Å². The zero-order chi connectivity index (χ0) is 13.0. The number of fused-ring (bicyclic) bond motifs is 1. The minimum absolute atomic E-state index is 0.827. The summed E-state index contributed by atoms with van der Waals surface area (Å²) in [5.74, 6) is 1.25. The molecule has 2 nitrogen and oxygen atoms in total. The highest BCUT2D eigenvalue weighted by atomic mass is 79.9. The molecule has 0 saturated carbocycles. The van der Waals surface area contributed by atoms with Gasteiger partial charge in [0.15, 0.2) is 4.77 Å². The first kappa shape index (κ1) is 14.2. The van der Waals surface area contributed by atoms with E-state index in [2.05, 4.69) is 43.9 Å². The van der Waals surface area contributed by atoms with E-state index in [0.717, 1.165) is 21.3 Å². The van der Waals surface area contributed by atoms with Crippen molar-refractivity contribution in [1.82, 2.24) is 9.55 Å². The van der Waals surface area contributed by atoms with Gasteiger partial charge in [0.1, 0.15) is 0 Å². The number of benzene rings is 1. The predicted octanol–water partition coefficient (Wildman–Crippen LogP) is 4.99. The summed E-state index contributed by atoms with van der Waals surface area (Å²) >= 11 is 10.8. The molecule has 0 saturated heterocycles. The lowest BCUT2D eigenvalue weighted by atomic mass is 10.2. The molecule has 2 aromatic rings. The largest absolute Gasteiger partial charge is 0.331 e. The van der Waals surface area contributed by atoms with Gasteiger partial charge in [-0.3, -0.25) is 0 Å². The fourth-order valence-electron chi connectivity index (χ4n) is 2.04. The molecule has 0 bridgehead atoms. The number of halogens is 1. The van der Waals surface area contributed by atoms with Crippen molar-refractivity contribution in [1.29, 1.82) is 0 Å². The molecule has 0 aliphatic carbocycles. The Labute approximate surface area is 125 Å². The van der Waals surface area contributed by atoms with Crippen LogP contribution in [0.1, 0.15) is 19.3 Å². The second kappa shape index (κ2) is 6.78. The van der Waals surface area contributed by atoms with E-state index in [1.807, 2.05) is 17.8 Å². The second-order valence-corrected chi connectivity index (χ2v) is 6.58. The van der Waals surface area contributed by atoms with E-state index in [-0.39, 0.29) is 0 Å². The monoisotopic (exact) mass is 344 g/mol. The molecule has 0 atom stereocenters. The van der Waals surface area contributed by atoms with Crippen LogP contribution in [0, 0.1) is 4.77 Å². The summed E-state index contributed by atoms with van der Waals surface area (Å²) in [5, 5.41) is 0. The van der Waals surface area contributed by atoms with E-state index in [1.54, 1.807) is 0 Å². The van der Waals surface area contributed by atoms with Crippen molar-refractivity contribution < 1.29 is 0 Å². The summed E-state index contributed by atoms with van der Waals surface area (Å²) in [6.07, 6.45) is 5.91. The molecule has 98 valence electrons. The van der Waals surface area contributed by atoms with Crippen LogP contribution in [0.2, 0.25) is 0 Å². The molecular formula is C13H17BrN2S2. The summed E-state index contributed by atoms with van der Waals surface area (Å²) in [6, 6.07) is 6.24. The average Bonchev–Trinajstić information content (AvgIpc) is 2.65. The first-order valence-electron chi connectivity index (χ1n) is 6.09. The maximum absolute atomic E-state index is 5.39. The molecule has 2 rings (SSSR count). The topological polar surface area (TPSA) is 20.7 Å². The van der Waals surface area contributed by atoms with Crippen LogP contribution in [-0.4, -0.2) is 21.6 Å². The molecule has 0 fully saturated rings. The first-order valence-corrected chi connectivity index (χ1v) is 8.69. The number of aryl methyl sites for hydroxylation is 1. The van der Waals surface area contributed by atoms with Crippen LogP contribution < -0.4 is 0 Å². The van der Waals surface area contributed by atoms with Crippen LogP contribution in [0.5, 0.6) is 0 Å². The van der Waals surface area contributed by atoms with E-state index in [1.165, 1.54) is 30.5 Å². The Morgan fingerprint density at radius 3 is 2.94 bits per heavy atom. The SMILES string of the molecule is CSCCCCCn1c(=S)[nH]c2ccc(Br)cc21. The third-order valence-corrected chi connectivity index (χ3v) is 4.48. The van der Waals surface area contributed by atoms with Gasteiger partial charge >= 0.3 is 0 Å². The van der Waals surface area contributed by atoms with Crippen molar-refractivity contribution in [3.63, 3.8) is 0 Å². The summed E-state index contributed by atoms with van der Waals surface area (Å²) in [5.41, 5.74) is 2.31. The van der Waals surface area contributed by atoms with Gasteiger partial charge in [-0.15, -0.1) is 0 Å². The number of unbranched alkanes of at least 4 members (excludes halogenated alkanes) is 2. The van der Waals surface area contributed by atoms with Crippen LogP contribution in [0.4, 0.5) is 0 Å². The molecule has 5 heteroatoms. The van der Waals surface area contributed by atoms with Gasteiger partial charge < -0.3 is 9.55 Å². The third-order valence-electron chi connectivity index (χ3n) is 2.97. The van der Waals surface area contributed by atoms with Crippen molar-refractivity contribution in [3.05, 3.63) is 27.4 Å². The maximum atomic E-state index is 5.39. The van der Waals surface area contributed by atoms with E-state index in [4.69, 9.17) is 12.2 Å². The van der Waals surface area contributed by atoms with Gasteiger partial charge in [-0.2, -0.15) is 11.8 Å². The maximum Gasteiger partial charge on any atom is 0.178 e. The molecule has 0 spiro atoms. The number of H-pyrrole nitrogens is 1. The van der Waals surface area contributed by atoms with Gasteiger partial charge in [0.05, 0.1) is 11.0 Å². The summed E-state index contributed by atoms with van der Waals surface area (Å²) < 4.78 is 4.13. The van der Waals surface area contributed by atoms with Crippen LogP contribution in [0.3, 0.4) is 0 Å². The van der Waals surface area contributed by atoms with Crippen LogP contribution in [0.25, 0.3) is 11.0 Å². The number of hydrogen-bond donors (Lipinski definition) is 1. The molecule has 1 heterocycles. The highest BCUT2D eigenvalue weighted by Gasteiger charge is 2.04. The van der Waals surface area contributed by atoms with E-state index < -0.39 is 0 Å². The molecular weight excluding hydrogens is 328 g/mol. The number of nitrogens with one attached hydrogen (secondary N) is 1. The Morgan fingerprint density at radius 1 is 1.33 bits per heavy atom. The molecule has 0 radical (unpaired) electrons. The minimum Gasteiger partial charge on any atom is -0.331 e. The van der Waals surface area contributed by atoms with Crippen LogP contribution in [0.15, 0.2) is 22.7 Å². The number of aromatic nitrogens is 2. The normalized spacial score (nSPS) is 11.2. The quantitative estimate of drug-likeness (QED) is 0.588. The second-order valence-electron chi connectivity index (χ2n) is 4.30. The minimum atomic E-state index is 0.827. The number of hydrogen-bond acceptors (Lipinski definition) is 2. The van der Waals surface area contributed by atoms with Gasteiger partial charge in [0, 0.05) is 11.0 Å². The lowest BCUT2D eigenvalue weighted by Crippen LogP contribution is -1.98. The highest BCUT2D eigenvalue weighted by Crippen LogP contribution is 2.20. The molecule has 1 N–H and O–H groups in total.